The number of anilines is 2. The highest BCUT2D eigenvalue weighted by Crippen LogP contribution is 2.36. The molecule has 0 saturated heterocycles. The van der Waals surface area contributed by atoms with Crippen LogP contribution in [0, 0.1) is 10.1 Å². The van der Waals surface area contributed by atoms with Crippen LogP contribution in [-0.2, 0) is 0 Å². The molecule has 8 nitrogen and oxygen atoms in total. The number of nitrogens with zero attached hydrogens (tertiary/aromatic N) is 3. The SMILES string of the molecule is O=C(Nc1sc(N/N=C\c2cccc([N+](=O)[O-])c2)nc1-c1ccccc1)c1ccc(Cl)cc1. The number of nitro groups is 1. The van der Waals surface area contributed by atoms with Crippen molar-refractivity contribution in [3.05, 3.63) is 105 Å². The number of rotatable bonds is 7. The summed E-state index contributed by atoms with van der Waals surface area (Å²) in [6.45, 7) is 0. The number of carbonyl (C=O) groups excluding carboxylic acids is 1. The third-order valence-corrected chi connectivity index (χ3v) is 5.59. The topological polar surface area (TPSA) is 110 Å². The van der Waals surface area contributed by atoms with Crippen LogP contribution >= 0.6 is 22.9 Å². The highest BCUT2D eigenvalue weighted by atomic mass is 35.5. The normalized spacial score (nSPS) is 10.8. The van der Waals surface area contributed by atoms with Crippen LogP contribution in [0.3, 0.4) is 0 Å². The van der Waals surface area contributed by atoms with E-state index in [0.29, 0.717) is 32.0 Å². The van der Waals surface area contributed by atoms with Crippen LogP contribution in [0.4, 0.5) is 15.8 Å². The summed E-state index contributed by atoms with van der Waals surface area (Å²) < 4.78 is 0. The van der Waals surface area contributed by atoms with Crippen LogP contribution in [0.5, 0.6) is 0 Å². The number of non-ortho nitro benzene ring substituents is 1. The fraction of sp³-hybridized carbons (Fsp3) is 0. The molecule has 3 aromatic carbocycles. The van der Waals surface area contributed by atoms with Crippen molar-refractivity contribution in [1.29, 1.82) is 0 Å². The van der Waals surface area contributed by atoms with E-state index in [-0.39, 0.29) is 11.6 Å². The predicted octanol–water partition coefficient (Wildman–Crippen LogP) is 6.07. The van der Waals surface area contributed by atoms with Crippen LogP contribution in [0.2, 0.25) is 5.02 Å². The summed E-state index contributed by atoms with van der Waals surface area (Å²) >= 11 is 7.13. The van der Waals surface area contributed by atoms with Gasteiger partial charge < -0.3 is 5.32 Å². The lowest BCUT2D eigenvalue weighted by molar-refractivity contribution is -0.384. The molecule has 0 fully saturated rings. The lowest BCUT2D eigenvalue weighted by atomic mass is 10.1. The first kappa shape index (κ1) is 22.1. The lowest BCUT2D eigenvalue weighted by Gasteiger charge is -2.05. The first-order valence-corrected chi connectivity index (χ1v) is 10.9. The number of thiazole rings is 1. The van der Waals surface area contributed by atoms with Gasteiger partial charge in [0.2, 0.25) is 5.13 Å². The number of hydrogen-bond donors (Lipinski definition) is 2. The zero-order valence-corrected chi connectivity index (χ0v) is 18.5. The number of aromatic nitrogens is 1. The standard InChI is InChI=1S/C23H16ClN5O3S/c24-18-11-9-17(10-12-18)21(30)27-22-20(16-6-2-1-3-7-16)26-23(33-22)28-25-14-15-5-4-8-19(13-15)29(31)32/h1-14H,(H,26,28)(H,27,30)/b25-14-. The minimum atomic E-state index is -0.465. The van der Waals surface area contributed by atoms with Crippen LogP contribution in [0.1, 0.15) is 15.9 Å². The summed E-state index contributed by atoms with van der Waals surface area (Å²) in [6.07, 6.45) is 1.46. The maximum absolute atomic E-state index is 12.7. The molecule has 164 valence electrons. The molecule has 0 unspecified atom stereocenters. The summed E-state index contributed by atoms with van der Waals surface area (Å²) in [7, 11) is 0. The van der Waals surface area contributed by atoms with E-state index in [4.69, 9.17) is 11.6 Å². The molecular weight excluding hydrogens is 462 g/mol. The number of benzene rings is 3. The summed E-state index contributed by atoms with van der Waals surface area (Å²) in [5.41, 5.74) is 5.26. The molecule has 0 saturated carbocycles. The summed E-state index contributed by atoms with van der Waals surface area (Å²) in [4.78, 5) is 27.8. The number of halogens is 1. The molecular formula is C23H16ClN5O3S. The number of hydrazone groups is 1. The molecule has 0 atom stereocenters. The van der Waals surface area contributed by atoms with Crippen molar-refractivity contribution >= 4 is 50.9 Å². The molecule has 2 N–H and O–H groups in total. The monoisotopic (exact) mass is 477 g/mol. The second-order valence-corrected chi connectivity index (χ2v) is 8.18. The van der Waals surface area contributed by atoms with Gasteiger partial charge in [0.05, 0.1) is 11.1 Å². The summed E-state index contributed by atoms with van der Waals surface area (Å²) in [6, 6.07) is 22.1. The molecule has 0 aliphatic rings. The third-order valence-electron chi connectivity index (χ3n) is 4.46. The van der Waals surface area contributed by atoms with Gasteiger partial charge in [-0.25, -0.2) is 4.98 Å². The molecule has 33 heavy (non-hydrogen) atoms. The maximum atomic E-state index is 12.7. The highest BCUT2D eigenvalue weighted by molar-refractivity contribution is 7.20. The quantitative estimate of drug-likeness (QED) is 0.191. The first-order valence-electron chi connectivity index (χ1n) is 9.66. The molecule has 0 aliphatic carbocycles. The summed E-state index contributed by atoms with van der Waals surface area (Å²) in [5.74, 6) is -0.292. The van der Waals surface area contributed by atoms with Crippen LogP contribution in [0.25, 0.3) is 11.3 Å². The van der Waals surface area contributed by atoms with Gasteiger partial charge >= 0.3 is 0 Å². The molecule has 10 heteroatoms. The Bertz CT molecular complexity index is 1320. The van der Waals surface area contributed by atoms with Crippen molar-refractivity contribution < 1.29 is 9.72 Å². The van der Waals surface area contributed by atoms with E-state index in [9.17, 15) is 14.9 Å². The fourth-order valence-corrected chi connectivity index (χ4v) is 3.86. The minimum Gasteiger partial charge on any atom is -0.312 e. The zero-order valence-electron chi connectivity index (χ0n) is 16.9. The molecule has 0 radical (unpaired) electrons. The molecule has 0 spiro atoms. The largest absolute Gasteiger partial charge is 0.312 e. The van der Waals surface area contributed by atoms with Crippen molar-refractivity contribution in [2.75, 3.05) is 10.7 Å². The Morgan fingerprint density at radius 1 is 1.06 bits per heavy atom. The first-order chi connectivity index (χ1) is 16.0. The number of nitrogens with one attached hydrogen (secondary N) is 2. The Labute approximate surface area is 197 Å². The van der Waals surface area contributed by atoms with E-state index in [1.807, 2.05) is 30.3 Å². The molecule has 4 rings (SSSR count). The highest BCUT2D eigenvalue weighted by Gasteiger charge is 2.16. The number of amides is 1. The molecule has 1 heterocycles. The molecule has 1 aromatic heterocycles. The number of hydrogen-bond acceptors (Lipinski definition) is 7. The van der Waals surface area contributed by atoms with Gasteiger partial charge in [-0.3, -0.25) is 20.3 Å². The third kappa shape index (κ3) is 5.59. The van der Waals surface area contributed by atoms with Gasteiger partial charge in [-0.1, -0.05) is 65.4 Å². The minimum absolute atomic E-state index is 0.0215. The second kappa shape index (κ2) is 10.0. The van der Waals surface area contributed by atoms with E-state index in [1.165, 1.54) is 29.7 Å². The predicted molar refractivity (Wildman–Crippen MR) is 131 cm³/mol. The van der Waals surface area contributed by atoms with Gasteiger partial charge in [-0.15, -0.1) is 0 Å². The Kier molecular flexibility index (Phi) is 6.72. The van der Waals surface area contributed by atoms with Crippen molar-refractivity contribution in [2.45, 2.75) is 0 Å². The van der Waals surface area contributed by atoms with Crippen molar-refractivity contribution in [1.82, 2.24) is 4.98 Å². The van der Waals surface area contributed by atoms with Crippen molar-refractivity contribution in [3.8, 4) is 11.3 Å². The van der Waals surface area contributed by atoms with E-state index in [2.05, 4.69) is 20.8 Å². The molecule has 4 aromatic rings. The average Bonchev–Trinajstić information content (AvgIpc) is 3.22. The van der Waals surface area contributed by atoms with E-state index >= 15 is 0 Å². The Morgan fingerprint density at radius 3 is 2.55 bits per heavy atom. The van der Waals surface area contributed by atoms with Gasteiger partial charge in [0.15, 0.2) is 0 Å². The number of nitro benzene ring substituents is 1. The molecule has 0 aliphatic heterocycles. The van der Waals surface area contributed by atoms with Gasteiger partial charge in [0.1, 0.15) is 10.7 Å². The van der Waals surface area contributed by atoms with Gasteiger partial charge in [-0.2, -0.15) is 5.10 Å². The van der Waals surface area contributed by atoms with Gasteiger partial charge in [0, 0.05) is 33.8 Å². The van der Waals surface area contributed by atoms with Gasteiger partial charge in [0.25, 0.3) is 11.6 Å². The van der Waals surface area contributed by atoms with E-state index < -0.39 is 4.92 Å². The summed E-state index contributed by atoms with van der Waals surface area (Å²) in [5, 5.41) is 19.5. The Balaban J connectivity index is 1.57. The van der Waals surface area contributed by atoms with Crippen LogP contribution < -0.4 is 10.7 Å². The van der Waals surface area contributed by atoms with E-state index in [1.54, 1.807) is 36.4 Å². The van der Waals surface area contributed by atoms with Crippen molar-refractivity contribution in [2.24, 2.45) is 5.10 Å². The molecule has 1 amide bonds. The zero-order chi connectivity index (χ0) is 23.2. The van der Waals surface area contributed by atoms with Gasteiger partial charge in [-0.05, 0) is 24.3 Å². The van der Waals surface area contributed by atoms with Crippen LogP contribution in [-0.4, -0.2) is 22.0 Å². The van der Waals surface area contributed by atoms with Crippen molar-refractivity contribution in [3.63, 3.8) is 0 Å². The Hall–Kier alpha value is -4.08. The lowest BCUT2D eigenvalue weighted by Crippen LogP contribution is -2.11. The van der Waals surface area contributed by atoms with E-state index in [0.717, 1.165) is 5.56 Å². The second-order valence-electron chi connectivity index (χ2n) is 6.75. The average molecular weight is 478 g/mol. The fourth-order valence-electron chi connectivity index (χ4n) is 2.90. The maximum Gasteiger partial charge on any atom is 0.270 e. The molecule has 0 bridgehead atoms. The van der Waals surface area contributed by atoms with Crippen LogP contribution in [0.15, 0.2) is 84.0 Å². The Morgan fingerprint density at radius 2 is 1.82 bits per heavy atom. The smallest absolute Gasteiger partial charge is 0.270 e. The number of carbonyl (C=O) groups is 1.